The number of amides is 1. The number of ether oxygens (including phenoxy) is 1. The maximum absolute atomic E-state index is 12.7. The van der Waals surface area contributed by atoms with Gasteiger partial charge in [0.15, 0.2) is 0 Å². The summed E-state index contributed by atoms with van der Waals surface area (Å²) >= 11 is 3.48. The first-order valence-electron chi connectivity index (χ1n) is 7.31. The van der Waals surface area contributed by atoms with Crippen molar-refractivity contribution in [2.24, 2.45) is 5.92 Å². The van der Waals surface area contributed by atoms with Crippen LogP contribution in [0, 0.1) is 5.92 Å². The molecule has 110 valence electrons. The summed E-state index contributed by atoms with van der Waals surface area (Å²) in [6, 6.07) is 0. The van der Waals surface area contributed by atoms with Gasteiger partial charge in [0, 0.05) is 19.7 Å². The SMILES string of the molecule is CC[C@@H]1OCCC[C@@H]1C(=O)N1CCn2c(Br)cnc2C1. The van der Waals surface area contributed by atoms with Crippen LogP contribution in [0.25, 0.3) is 0 Å². The van der Waals surface area contributed by atoms with Crippen LogP contribution in [0.2, 0.25) is 0 Å². The predicted octanol–water partition coefficient (Wildman–Crippen LogP) is 2.19. The number of imidazole rings is 1. The van der Waals surface area contributed by atoms with E-state index in [-0.39, 0.29) is 17.9 Å². The van der Waals surface area contributed by atoms with Gasteiger partial charge in [-0.2, -0.15) is 0 Å². The van der Waals surface area contributed by atoms with Crippen LogP contribution < -0.4 is 0 Å². The molecule has 2 aliphatic rings. The first kappa shape index (κ1) is 14.1. The topological polar surface area (TPSA) is 47.4 Å². The Labute approximate surface area is 127 Å². The summed E-state index contributed by atoms with van der Waals surface area (Å²) in [5.74, 6) is 1.22. The Hall–Kier alpha value is -0.880. The van der Waals surface area contributed by atoms with Gasteiger partial charge in [-0.05, 0) is 35.2 Å². The van der Waals surface area contributed by atoms with Gasteiger partial charge in [-0.1, -0.05) is 6.92 Å². The zero-order chi connectivity index (χ0) is 14.1. The number of halogens is 1. The molecule has 1 fully saturated rings. The lowest BCUT2D eigenvalue weighted by atomic mass is 9.91. The van der Waals surface area contributed by atoms with Crippen molar-refractivity contribution in [2.75, 3.05) is 13.2 Å². The second kappa shape index (κ2) is 5.85. The van der Waals surface area contributed by atoms with E-state index in [0.29, 0.717) is 6.54 Å². The average molecular weight is 342 g/mol. The Morgan fingerprint density at radius 3 is 3.20 bits per heavy atom. The highest BCUT2D eigenvalue weighted by Gasteiger charge is 2.35. The minimum absolute atomic E-state index is 0.0266. The zero-order valence-electron chi connectivity index (χ0n) is 11.7. The molecule has 0 radical (unpaired) electrons. The first-order chi connectivity index (χ1) is 9.70. The van der Waals surface area contributed by atoms with E-state index in [1.54, 1.807) is 0 Å². The Morgan fingerprint density at radius 1 is 1.55 bits per heavy atom. The van der Waals surface area contributed by atoms with Crippen LogP contribution in [-0.2, 0) is 22.6 Å². The molecule has 0 bridgehead atoms. The van der Waals surface area contributed by atoms with E-state index in [0.717, 1.165) is 49.4 Å². The third-order valence-corrected chi connectivity index (χ3v) is 4.92. The van der Waals surface area contributed by atoms with Crippen LogP contribution in [0.4, 0.5) is 0 Å². The Bertz CT molecular complexity index is 503. The molecule has 1 amide bonds. The molecule has 0 aliphatic carbocycles. The molecule has 0 spiro atoms. The first-order valence-corrected chi connectivity index (χ1v) is 8.10. The average Bonchev–Trinajstić information content (AvgIpc) is 2.87. The van der Waals surface area contributed by atoms with Gasteiger partial charge >= 0.3 is 0 Å². The lowest BCUT2D eigenvalue weighted by Gasteiger charge is -2.36. The van der Waals surface area contributed by atoms with Crippen LogP contribution in [0.1, 0.15) is 32.0 Å². The Balaban J connectivity index is 1.72. The van der Waals surface area contributed by atoms with Crippen molar-refractivity contribution in [3.63, 3.8) is 0 Å². The van der Waals surface area contributed by atoms with Crippen LogP contribution in [0.5, 0.6) is 0 Å². The van der Waals surface area contributed by atoms with Crippen LogP contribution in [0.15, 0.2) is 10.8 Å². The molecule has 1 aromatic heterocycles. The van der Waals surface area contributed by atoms with Crippen molar-refractivity contribution in [3.8, 4) is 0 Å². The monoisotopic (exact) mass is 341 g/mol. The Morgan fingerprint density at radius 2 is 2.40 bits per heavy atom. The van der Waals surface area contributed by atoms with Gasteiger partial charge in [0.2, 0.25) is 5.91 Å². The second-order valence-electron chi connectivity index (χ2n) is 5.47. The minimum atomic E-state index is 0.0266. The summed E-state index contributed by atoms with van der Waals surface area (Å²) in [4.78, 5) is 19.0. The molecule has 6 heteroatoms. The number of rotatable bonds is 2. The van der Waals surface area contributed by atoms with Crippen molar-refractivity contribution in [1.82, 2.24) is 14.5 Å². The molecule has 1 saturated heterocycles. The molecule has 5 nitrogen and oxygen atoms in total. The van der Waals surface area contributed by atoms with Crippen molar-refractivity contribution >= 4 is 21.8 Å². The maximum atomic E-state index is 12.7. The predicted molar refractivity (Wildman–Crippen MR) is 78.1 cm³/mol. The van der Waals surface area contributed by atoms with Gasteiger partial charge in [0.25, 0.3) is 0 Å². The van der Waals surface area contributed by atoms with E-state index in [9.17, 15) is 4.79 Å². The number of carbonyl (C=O) groups is 1. The summed E-state index contributed by atoms with van der Waals surface area (Å²) in [7, 11) is 0. The highest BCUT2D eigenvalue weighted by Crippen LogP contribution is 2.27. The van der Waals surface area contributed by atoms with Gasteiger partial charge in [-0.25, -0.2) is 4.98 Å². The van der Waals surface area contributed by atoms with E-state index >= 15 is 0 Å². The summed E-state index contributed by atoms with van der Waals surface area (Å²) in [5.41, 5.74) is 0. The van der Waals surface area contributed by atoms with Crippen molar-refractivity contribution < 1.29 is 9.53 Å². The molecule has 0 aromatic carbocycles. The molecule has 3 heterocycles. The molecule has 0 saturated carbocycles. The molecule has 0 unspecified atom stereocenters. The lowest BCUT2D eigenvalue weighted by molar-refractivity contribution is -0.146. The molecule has 0 N–H and O–H groups in total. The van der Waals surface area contributed by atoms with Gasteiger partial charge in [-0.15, -0.1) is 0 Å². The number of hydrogen-bond acceptors (Lipinski definition) is 3. The van der Waals surface area contributed by atoms with Crippen molar-refractivity contribution in [1.29, 1.82) is 0 Å². The third-order valence-electron chi connectivity index (χ3n) is 4.29. The molecule has 2 atom stereocenters. The van der Waals surface area contributed by atoms with Crippen LogP contribution in [-0.4, -0.2) is 39.6 Å². The van der Waals surface area contributed by atoms with Crippen LogP contribution >= 0.6 is 15.9 Å². The quantitative estimate of drug-likeness (QED) is 0.828. The molecular formula is C14H20BrN3O2. The van der Waals surface area contributed by atoms with E-state index in [2.05, 4.69) is 32.4 Å². The van der Waals surface area contributed by atoms with E-state index in [1.807, 2.05) is 11.1 Å². The highest BCUT2D eigenvalue weighted by molar-refractivity contribution is 9.10. The third kappa shape index (κ3) is 2.51. The summed E-state index contributed by atoms with van der Waals surface area (Å²) in [6.45, 7) is 5.06. The van der Waals surface area contributed by atoms with Crippen molar-refractivity contribution in [2.45, 2.75) is 45.4 Å². The molecule has 20 heavy (non-hydrogen) atoms. The standard InChI is InChI=1S/C14H20BrN3O2/c1-2-11-10(4-3-7-20-11)14(19)17-5-6-18-12(15)8-16-13(18)9-17/h8,10-11H,2-7,9H2,1H3/t10-,11-/m0/s1. The fraction of sp³-hybridized carbons (Fsp3) is 0.714. The second-order valence-corrected chi connectivity index (χ2v) is 6.29. The normalized spacial score (nSPS) is 26.4. The summed E-state index contributed by atoms with van der Waals surface area (Å²) < 4.78 is 8.87. The van der Waals surface area contributed by atoms with E-state index in [4.69, 9.17) is 4.74 Å². The number of aromatic nitrogens is 2. The smallest absolute Gasteiger partial charge is 0.228 e. The minimum Gasteiger partial charge on any atom is -0.377 e. The van der Waals surface area contributed by atoms with Crippen LogP contribution in [0.3, 0.4) is 0 Å². The number of carbonyl (C=O) groups excluding carboxylic acids is 1. The van der Waals surface area contributed by atoms with Gasteiger partial charge in [-0.3, -0.25) is 4.79 Å². The zero-order valence-corrected chi connectivity index (χ0v) is 13.3. The van der Waals surface area contributed by atoms with E-state index < -0.39 is 0 Å². The summed E-state index contributed by atoms with van der Waals surface area (Å²) in [5, 5.41) is 0. The number of hydrogen-bond donors (Lipinski definition) is 0. The number of nitrogens with zero attached hydrogens (tertiary/aromatic N) is 3. The molecule has 2 aliphatic heterocycles. The lowest BCUT2D eigenvalue weighted by Crippen LogP contribution is -2.46. The van der Waals surface area contributed by atoms with Gasteiger partial charge in [0.05, 0.1) is 24.8 Å². The molecule has 3 rings (SSSR count). The Kier molecular flexibility index (Phi) is 4.12. The highest BCUT2D eigenvalue weighted by atomic mass is 79.9. The molecular weight excluding hydrogens is 322 g/mol. The summed E-state index contributed by atoms with van der Waals surface area (Å²) in [6.07, 6.45) is 4.74. The van der Waals surface area contributed by atoms with Gasteiger partial charge < -0.3 is 14.2 Å². The fourth-order valence-corrected chi connectivity index (χ4v) is 3.65. The maximum Gasteiger partial charge on any atom is 0.228 e. The number of fused-ring (bicyclic) bond motifs is 1. The van der Waals surface area contributed by atoms with Gasteiger partial charge in [0.1, 0.15) is 10.4 Å². The van der Waals surface area contributed by atoms with E-state index in [1.165, 1.54) is 0 Å². The largest absolute Gasteiger partial charge is 0.377 e. The van der Waals surface area contributed by atoms with Crippen molar-refractivity contribution in [3.05, 3.63) is 16.6 Å². The molecule has 1 aromatic rings. The fourth-order valence-electron chi connectivity index (χ4n) is 3.17.